The van der Waals surface area contributed by atoms with E-state index >= 15 is 0 Å². The van der Waals surface area contributed by atoms with Crippen LogP contribution in [-0.2, 0) is 11.0 Å². The molecule has 2 heterocycles. The van der Waals surface area contributed by atoms with Gasteiger partial charge in [-0.05, 0) is 62.6 Å². The van der Waals surface area contributed by atoms with E-state index in [1.54, 1.807) is 35.4 Å². The van der Waals surface area contributed by atoms with Gasteiger partial charge in [-0.1, -0.05) is 6.07 Å². The second kappa shape index (κ2) is 7.55. The summed E-state index contributed by atoms with van der Waals surface area (Å²) >= 11 is 0. The molecule has 0 unspecified atom stereocenters. The number of halogens is 3. The van der Waals surface area contributed by atoms with E-state index in [4.69, 9.17) is 0 Å². The Kier molecular flexibility index (Phi) is 5.32. The van der Waals surface area contributed by atoms with Crippen molar-refractivity contribution >= 4 is 12.0 Å². The van der Waals surface area contributed by atoms with Crippen LogP contribution < -0.4 is 0 Å². The van der Waals surface area contributed by atoms with Gasteiger partial charge in [-0.25, -0.2) is 0 Å². The summed E-state index contributed by atoms with van der Waals surface area (Å²) in [6, 6.07) is 8.82. The average molecular weight is 387 g/mol. The van der Waals surface area contributed by atoms with E-state index in [-0.39, 0.29) is 11.5 Å². The molecule has 28 heavy (non-hydrogen) atoms. The van der Waals surface area contributed by atoms with Gasteiger partial charge in [0.2, 0.25) is 0 Å². The number of benzene rings is 1. The van der Waals surface area contributed by atoms with Crippen molar-refractivity contribution in [3.8, 4) is 11.8 Å². The summed E-state index contributed by atoms with van der Waals surface area (Å²) in [4.78, 5) is 14.2. The number of amides is 1. The monoisotopic (exact) mass is 387 g/mol. The lowest BCUT2D eigenvalue weighted by molar-refractivity contribution is -0.137. The molecule has 1 fully saturated rings. The van der Waals surface area contributed by atoms with E-state index in [2.05, 4.69) is 0 Å². The largest absolute Gasteiger partial charge is 0.416 e. The molecule has 3 rings (SSSR count). The minimum Gasteiger partial charge on any atom is -0.338 e. The number of aromatic nitrogens is 1. The van der Waals surface area contributed by atoms with E-state index in [1.807, 2.05) is 6.07 Å². The van der Waals surface area contributed by atoms with Gasteiger partial charge in [0.15, 0.2) is 0 Å². The normalized spacial score (nSPS) is 15.0. The van der Waals surface area contributed by atoms with Crippen molar-refractivity contribution in [3.63, 3.8) is 0 Å². The SMILES string of the molecule is Cc1cc(/C=C(\C#N)C(=O)N2CCCC2)c(C)n1-c1cccc(C(F)(F)F)c1. The predicted octanol–water partition coefficient (Wildman–Crippen LogP) is 4.64. The van der Waals surface area contributed by atoms with Gasteiger partial charge in [0, 0.05) is 30.2 Å². The molecular formula is C21H20F3N3O. The highest BCUT2D eigenvalue weighted by molar-refractivity contribution is 6.02. The van der Waals surface area contributed by atoms with Crippen LogP contribution >= 0.6 is 0 Å². The number of likely N-dealkylation sites (tertiary alicyclic amines) is 1. The summed E-state index contributed by atoms with van der Waals surface area (Å²) in [5, 5.41) is 9.43. The number of alkyl halides is 3. The predicted molar refractivity (Wildman–Crippen MR) is 99.6 cm³/mol. The standard InChI is InChI=1S/C21H20F3N3O/c1-14-10-16(11-17(13-25)20(28)26-8-3-4-9-26)15(2)27(14)19-7-5-6-18(12-19)21(22,23)24/h5-7,10-12H,3-4,8-9H2,1-2H3/b17-11+. The molecule has 1 saturated heterocycles. The fraction of sp³-hybridized carbons (Fsp3) is 0.333. The van der Waals surface area contributed by atoms with Gasteiger partial charge < -0.3 is 9.47 Å². The zero-order valence-electron chi connectivity index (χ0n) is 15.7. The number of carbonyl (C=O) groups is 1. The summed E-state index contributed by atoms with van der Waals surface area (Å²) in [6.45, 7) is 4.82. The molecule has 1 aromatic carbocycles. The number of nitrogens with zero attached hydrogens (tertiary/aromatic N) is 3. The molecule has 0 radical (unpaired) electrons. The molecule has 0 aliphatic carbocycles. The molecule has 1 aliphatic heterocycles. The Morgan fingerprint density at radius 2 is 1.86 bits per heavy atom. The molecule has 2 aromatic rings. The zero-order valence-corrected chi connectivity index (χ0v) is 15.7. The van der Waals surface area contributed by atoms with Crippen LogP contribution in [0.15, 0.2) is 35.9 Å². The number of nitriles is 1. The van der Waals surface area contributed by atoms with Crippen molar-refractivity contribution in [2.24, 2.45) is 0 Å². The Hall–Kier alpha value is -3.01. The molecule has 1 aromatic heterocycles. The van der Waals surface area contributed by atoms with E-state index in [9.17, 15) is 23.2 Å². The molecule has 0 spiro atoms. The van der Waals surface area contributed by atoms with Crippen LogP contribution in [0.1, 0.15) is 35.4 Å². The Bertz CT molecular complexity index is 974. The van der Waals surface area contributed by atoms with Gasteiger partial charge in [-0.3, -0.25) is 4.79 Å². The van der Waals surface area contributed by atoms with Crippen molar-refractivity contribution in [1.82, 2.24) is 9.47 Å². The fourth-order valence-corrected chi connectivity index (χ4v) is 3.54. The first-order valence-corrected chi connectivity index (χ1v) is 9.00. The van der Waals surface area contributed by atoms with Crippen LogP contribution in [0.3, 0.4) is 0 Å². The summed E-state index contributed by atoms with van der Waals surface area (Å²) in [5.41, 5.74) is 1.71. The number of carbonyl (C=O) groups excluding carboxylic acids is 1. The highest BCUT2D eigenvalue weighted by atomic mass is 19.4. The lowest BCUT2D eigenvalue weighted by Crippen LogP contribution is -2.28. The second-order valence-corrected chi connectivity index (χ2v) is 6.88. The first kappa shape index (κ1) is 19.7. The van der Waals surface area contributed by atoms with Crippen LogP contribution in [0.5, 0.6) is 0 Å². The van der Waals surface area contributed by atoms with Crippen LogP contribution in [0.25, 0.3) is 11.8 Å². The maximum absolute atomic E-state index is 13.0. The molecule has 1 amide bonds. The van der Waals surface area contributed by atoms with Crippen LogP contribution in [-0.4, -0.2) is 28.5 Å². The van der Waals surface area contributed by atoms with Crippen molar-refractivity contribution in [2.75, 3.05) is 13.1 Å². The smallest absolute Gasteiger partial charge is 0.338 e. The third-order valence-corrected chi connectivity index (χ3v) is 4.95. The van der Waals surface area contributed by atoms with E-state index in [1.165, 1.54) is 12.1 Å². The number of hydrogen-bond donors (Lipinski definition) is 0. The molecule has 4 nitrogen and oxygen atoms in total. The highest BCUT2D eigenvalue weighted by Gasteiger charge is 2.30. The van der Waals surface area contributed by atoms with Crippen molar-refractivity contribution < 1.29 is 18.0 Å². The minimum atomic E-state index is -4.43. The first-order valence-electron chi connectivity index (χ1n) is 9.00. The number of hydrogen-bond acceptors (Lipinski definition) is 2. The van der Waals surface area contributed by atoms with Crippen molar-refractivity contribution in [3.05, 3.63) is 58.4 Å². The quantitative estimate of drug-likeness (QED) is 0.569. The third-order valence-electron chi connectivity index (χ3n) is 4.95. The lowest BCUT2D eigenvalue weighted by Gasteiger charge is -2.14. The van der Waals surface area contributed by atoms with Gasteiger partial charge in [0.25, 0.3) is 5.91 Å². The molecule has 146 valence electrons. The molecule has 0 N–H and O–H groups in total. The van der Waals surface area contributed by atoms with Crippen LogP contribution in [0.2, 0.25) is 0 Å². The number of aryl methyl sites for hydroxylation is 1. The number of rotatable bonds is 3. The molecule has 0 bridgehead atoms. The Morgan fingerprint density at radius 1 is 1.18 bits per heavy atom. The summed E-state index contributed by atoms with van der Waals surface area (Å²) < 4.78 is 40.8. The Labute approximate surface area is 161 Å². The van der Waals surface area contributed by atoms with Gasteiger partial charge >= 0.3 is 6.18 Å². The fourth-order valence-electron chi connectivity index (χ4n) is 3.54. The molecule has 0 saturated carbocycles. The van der Waals surface area contributed by atoms with Crippen molar-refractivity contribution in [1.29, 1.82) is 5.26 Å². The average Bonchev–Trinajstić information content (AvgIpc) is 3.27. The van der Waals surface area contributed by atoms with Gasteiger partial charge in [-0.2, -0.15) is 18.4 Å². The molecular weight excluding hydrogens is 367 g/mol. The van der Waals surface area contributed by atoms with Crippen molar-refractivity contribution in [2.45, 2.75) is 32.9 Å². The Morgan fingerprint density at radius 3 is 2.46 bits per heavy atom. The van der Waals surface area contributed by atoms with Gasteiger partial charge in [-0.15, -0.1) is 0 Å². The molecule has 0 atom stereocenters. The summed E-state index contributed by atoms with van der Waals surface area (Å²) in [5.74, 6) is -0.302. The summed E-state index contributed by atoms with van der Waals surface area (Å²) in [7, 11) is 0. The minimum absolute atomic E-state index is 0.0335. The zero-order chi connectivity index (χ0) is 20.5. The van der Waals surface area contributed by atoms with Crippen LogP contribution in [0.4, 0.5) is 13.2 Å². The van der Waals surface area contributed by atoms with Gasteiger partial charge in [0.05, 0.1) is 5.56 Å². The van der Waals surface area contributed by atoms with E-state index < -0.39 is 11.7 Å². The van der Waals surface area contributed by atoms with Crippen LogP contribution in [0, 0.1) is 25.2 Å². The van der Waals surface area contributed by atoms with Gasteiger partial charge in [0.1, 0.15) is 11.6 Å². The first-order chi connectivity index (χ1) is 13.2. The topological polar surface area (TPSA) is 49.0 Å². The maximum Gasteiger partial charge on any atom is 0.416 e. The Balaban J connectivity index is 2.00. The lowest BCUT2D eigenvalue weighted by atomic mass is 10.1. The maximum atomic E-state index is 13.0. The third kappa shape index (κ3) is 3.81. The molecule has 7 heteroatoms. The van der Waals surface area contributed by atoms with E-state index in [0.29, 0.717) is 35.7 Å². The molecule has 1 aliphatic rings. The second-order valence-electron chi connectivity index (χ2n) is 6.88. The van der Waals surface area contributed by atoms with E-state index in [0.717, 1.165) is 25.0 Å². The summed E-state index contributed by atoms with van der Waals surface area (Å²) in [6.07, 6.45) is -1.06. The highest BCUT2D eigenvalue weighted by Crippen LogP contribution is 2.31.